The number of carbonyl (C=O) groups is 1. The van der Waals surface area contributed by atoms with Gasteiger partial charge in [0.15, 0.2) is 0 Å². The summed E-state index contributed by atoms with van der Waals surface area (Å²) < 4.78 is 0. The Bertz CT molecular complexity index is 802. The average molecular weight is 306 g/mol. The first-order valence-electron chi connectivity index (χ1n) is 7.36. The molecule has 23 heavy (non-hydrogen) atoms. The van der Waals surface area contributed by atoms with E-state index in [1.165, 1.54) is 0 Å². The SMILES string of the molecule is NC1(N)C=CC(c2ccccc2-c2ccc(C(=O)O)cc2)=CC1. The predicted octanol–water partition coefficient (Wildman–Crippen LogP) is 3.01. The van der Waals surface area contributed by atoms with Gasteiger partial charge in [-0.25, -0.2) is 4.79 Å². The van der Waals surface area contributed by atoms with E-state index < -0.39 is 11.6 Å². The molecule has 3 rings (SSSR count). The van der Waals surface area contributed by atoms with Gasteiger partial charge in [-0.15, -0.1) is 0 Å². The van der Waals surface area contributed by atoms with Crippen LogP contribution in [0.25, 0.3) is 16.7 Å². The van der Waals surface area contributed by atoms with Gasteiger partial charge in [-0.3, -0.25) is 0 Å². The number of rotatable bonds is 3. The largest absolute Gasteiger partial charge is 0.478 e. The van der Waals surface area contributed by atoms with E-state index in [0.717, 1.165) is 22.3 Å². The molecule has 2 aromatic rings. The molecule has 0 aliphatic heterocycles. The maximum Gasteiger partial charge on any atom is 0.335 e. The normalized spacial score (nSPS) is 16.0. The number of hydrogen-bond acceptors (Lipinski definition) is 3. The van der Waals surface area contributed by atoms with Crippen LogP contribution in [0.1, 0.15) is 22.3 Å². The van der Waals surface area contributed by atoms with Gasteiger partial charge >= 0.3 is 5.97 Å². The van der Waals surface area contributed by atoms with Crippen LogP contribution >= 0.6 is 0 Å². The number of carboxylic acid groups (broad SMARTS) is 1. The summed E-state index contributed by atoms with van der Waals surface area (Å²) in [6.45, 7) is 0. The van der Waals surface area contributed by atoms with Gasteiger partial charge in [-0.05, 0) is 40.5 Å². The second-order valence-electron chi connectivity index (χ2n) is 5.74. The van der Waals surface area contributed by atoms with Crippen LogP contribution in [0.5, 0.6) is 0 Å². The van der Waals surface area contributed by atoms with E-state index >= 15 is 0 Å². The molecule has 0 amide bonds. The van der Waals surface area contributed by atoms with Crippen molar-refractivity contribution in [3.8, 4) is 11.1 Å². The second-order valence-corrected chi connectivity index (χ2v) is 5.74. The lowest BCUT2D eigenvalue weighted by Gasteiger charge is -2.23. The highest BCUT2D eigenvalue weighted by atomic mass is 16.4. The molecule has 4 heteroatoms. The molecular formula is C19H18N2O2. The molecule has 116 valence electrons. The maximum absolute atomic E-state index is 11.0. The lowest BCUT2D eigenvalue weighted by atomic mass is 9.89. The van der Waals surface area contributed by atoms with E-state index in [2.05, 4.69) is 0 Å². The zero-order valence-electron chi connectivity index (χ0n) is 12.6. The number of nitrogens with two attached hydrogens (primary N) is 2. The quantitative estimate of drug-likeness (QED) is 0.760. The van der Waals surface area contributed by atoms with Gasteiger partial charge in [0.25, 0.3) is 0 Å². The number of benzene rings is 2. The van der Waals surface area contributed by atoms with Crippen LogP contribution in [0.3, 0.4) is 0 Å². The van der Waals surface area contributed by atoms with E-state index in [9.17, 15) is 4.79 Å². The van der Waals surface area contributed by atoms with Crippen LogP contribution in [-0.2, 0) is 0 Å². The van der Waals surface area contributed by atoms with Gasteiger partial charge in [0.2, 0.25) is 0 Å². The van der Waals surface area contributed by atoms with Crippen molar-refractivity contribution in [2.75, 3.05) is 0 Å². The zero-order chi connectivity index (χ0) is 16.4. The third-order valence-corrected chi connectivity index (χ3v) is 3.93. The molecular weight excluding hydrogens is 288 g/mol. The van der Waals surface area contributed by atoms with Crippen LogP contribution in [0.4, 0.5) is 0 Å². The summed E-state index contributed by atoms with van der Waals surface area (Å²) in [5.41, 5.74) is 15.4. The summed E-state index contributed by atoms with van der Waals surface area (Å²) in [4.78, 5) is 11.0. The Morgan fingerprint density at radius 2 is 1.65 bits per heavy atom. The molecule has 1 aliphatic rings. The zero-order valence-corrected chi connectivity index (χ0v) is 12.6. The number of carboxylic acids is 1. The lowest BCUT2D eigenvalue weighted by molar-refractivity contribution is 0.0697. The second kappa shape index (κ2) is 5.83. The first-order valence-corrected chi connectivity index (χ1v) is 7.36. The standard InChI is InChI=1S/C19H18N2O2/c20-19(21)11-9-14(10-12-19)17-4-2-1-3-16(17)13-5-7-15(8-6-13)18(22)23/h1-11H,12,20-21H2,(H,22,23). The molecule has 0 unspecified atom stereocenters. The Morgan fingerprint density at radius 1 is 1.00 bits per heavy atom. The van der Waals surface area contributed by atoms with E-state index in [-0.39, 0.29) is 5.56 Å². The van der Waals surface area contributed by atoms with Crippen molar-refractivity contribution in [2.24, 2.45) is 11.5 Å². The van der Waals surface area contributed by atoms with Crippen molar-refractivity contribution in [1.29, 1.82) is 0 Å². The van der Waals surface area contributed by atoms with Crippen LogP contribution in [0.15, 0.2) is 66.8 Å². The van der Waals surface area contributed by atoms with Crippen molar-refractivity contribution in [3.63, 3.8) is 0 Å². The fraction of sp³-hybridized carbons (Fsp3) is 0.105. The highest BCUT2D eigenvalue weighted by Crippen LogP contribution is 2.32. The van der Waals surface area contributed by atoms with Crippen LogP contribution in [0.2, 0.25) is 0 Å². The fourth-order valence-corrected chi connectivity index (χ4v) is 2.65. The Hall–Kier alpha value is -2.69. The highest BCUT2D eigenvalue weighted by molar-refractivity contribution is 5.90. The van der Waals surface area contributed by atoms with Crippen molar-refractivity contribution in [2.45, 2.75) is 12.1 Å². The van der Waals surface area contributed by atoms with Crippen molar-refractivity contribution < 1.29 is 9.90 Å². The molecule has 0 saturated heterocycles. The molecule has 2 aromatic carbocycles. The summed E-state index contributed by atoms with van der Waals surface area (Å²) in [7, 11) is 0. The van der Waals surface area contributed by atoms with Crippen LogP contribution in [0, 0.1) is 0 Å². The van der Waals surface area contributed by atoms with Gasteiger partial charge < -0.3 is 16.6 Å². The van der Waals surface area contributed by atoms with Gasteiger partial charge in [-0.1, -0.05) is 48.6 Å². The summed E-state index contributed by atoms with van der Waals surface area (Å²) in [5.74, 6) is -0.926. The summed E-state index contributed by atoms with van der Waals surface area (Å²) in [6, 6.07) is 14.9. The van der Waals surface area contributed by atoms with E-state index in [0.29, 0.717) is 6.42 Å². The van der Waals surface area contributed by atoms with Gasteiger partial charge in [0.1, 0.15) is 0 Å². The minimum Gasteiger partial charge on any atom is -0.478 e. The molecule has 0 bridgehead atoms. The summed E-state index contributed by atoms with van der Waals surface area (Å²) in [5, 5.41) is 9.01. The summed E-state index contributed by atoms with van der Waals surface area (Å²) in [6.07, 6.45) is 6.36. The van der Waals surface area contributed by atoms with Crippen molar-refractivity contribution in [3.05, 3.63) is 77.9 Å². The molecule has 0 aromatic heterocycles. The maximum atomic E-state index is 11.0. The first-order chi connectivity index (χ1) is 11.0. The molecule has 0 heterocycles. The molecule has 0 radical (unpaired) electrons. The highest BCUT2D eigenvalue weighted by Gasteiger charge is 2.18. The smallest absolute Gasteiger partial charge is 0.335 e. The van der Waals surface area contributed by atoms with E-state index in [1.807, 2.05) is 54.6 Å². The fourth-order valence-electron chi connectivity index (χ4n) is 2.65. The number of allylic oxidation sites excluding steroid dienone is 2. The molecule has 1 aliphatic carbocycles. The van der Waals surface area contributed by atoms with Crippen molar-refractivity contribution in [1.82, 2.24) is 0 Å². The number of aromatic carboxylic acids is 1. The van der Waals surface area contributed by atoms with Gasteiger partial charge in [-0.2, -0.15) is 0 Å². The van der Waals surface area contributed by atoms with E-state index in [4.69, 9.17) is 16.6 Å². The number of hydrogen-bond donors (Lipinski definition) is 3. The monoisotopic (exact) mass is 306 g/mol. The Kier molecular flexibility index (Phi) is 3.86. The van der Waals surface area contributed by atoms with Crippen molar-refractivity contribution >= 4 is 11.5 Å². The topological polar surface area (TPSA) is 89.3 Å². The van der Waals surface area contributed by atoms with Gasteiger partial charge in [0, 0.05) is 6.42 Å². The molecule has 4 nitrogen and oxygen atoms in total. The van der Waals surface area contributed by atoms with Crippen LogP contribution < -0.4 is 11.5 Å². The minimum atomic E-state index is -0.926. The summed E-state index contributed by atoms with van der Waals surface area (Å²) >= 11 is 0. The molecule has 0 atom stereocenters. The first kappa shape index (κ1) is 15.2. The Balaban J connectivity index is 2.00. The molecule has 0 saturated carbocycles. The Morgan fingerprint density at radius 3 is 2.22 bits per heavy atom. The van der Waals surface area contributed by atoms with E-state index in [1.54, 1.807) is 12.1 Å². The van der Waals surface area contributed by atoms with Crippen LogP contribution in [-0.4, -0.2) is 16.7 Å². The molecule has 5 N–H and O–H groups in total. The third kappa shape index (κ3) is 3.23. The Labute approximate surface area is 134 Å². The predicted molar refractivity (Wildman–Crippen MR) is 91.7 cm³/mol. The molecule has 0 spiro atoms. The third-order valence-electron chi connectivity index (χ3n) is 3.93. The lowest BCUT2D eigenvalue weighted by Crippen LogP contribution is -2.47. The van der Waals surface area contributed by atoms with Gasteiger partial charge in [0.05, 0.1) is 11.2 Å². The molecule has 0 fully saturated rings. The minimum absolute atomic E-state index is 0.277. The average Bonchev–Trinajstić information content (AvgIpc) is 2.55.